The first-order valence-corrected chi connectivity index (χ1v) is 7.20. The van der Waals surface area contributed by atoms with E-state index in [1.807, 2.05) is 11.0 Å². The van der Waals surface area contributed by atoms with Crippen molar-refractivity contribution >= 4 is 5.91 Å². The first-order valence-electron chi connectivity index (χ1n) is 7.20. The van der Waals surface area contributed by atoms with E-state index in [9.17, 15) is 4.79 Å². The summed E-state index contributed by atoms with van der Waals surface area (Å²) in [6.07, 6.45) is 7.98. The summed E-state index contributed by atoms with van der Waals surface area (Å²) >= 11 is 0. The average molecular weight is 251 g/mol. The molecule has 0 bridgehead atoms. The van der Waals surface area contributed by atoms with Gasteiger partial charge in [-0.05, 0) is 18.8 Å². The van der Waals surface area contributed by atoms with Crippen LogP contribution in [0.1, 0.15) is 53.4 Å². The van der Waals surface area contributed by atoms with Gasteiger partial charge in [-0.3, -0.25) is 4.79 Å². The van der Waals surface area contributed by atoms with Gasteiger partial charge in [-0.15, -0.1) is 0 Å². The molecule has 0 fully saturated rings. The quantitative estimate of drug-likeness (QED) is 0.444. The summed E-state index contributed by atoms with van der Waals surface area (Å²) in [6, 6.07) is 0. The third-order valence-electron chi connectivity index (χ3n) is 3.02. The Morgan fingerprint density at radius 3 is 2.00 bits per heavy atom. The van der Waals surface area contributed by atoms with Crippen molar-refractivity contribution in [2.45, 2.75) is 53.4 Å². The Balaban J connectivity index is 4.78. The summed E-state index contributed by atoms with van der Waals surface area (Å²) in [5.74, 6) is 0.438. The lowest BCUT2D eigenvalue weighted by molar-refractivity contribution is -0.127. The Bertz CT molecular complexity index is 271. The van der Waals surface area contributed by atoms with Crippen LogP contribution in [0.25, 0.3) is 0 Å². The van der Waals surface area contributed by atoms with Gasteiger partial charge in [0, 0.05) is 18.7 Å². The lowest BCUT2D eigenvalue weighted by Crippen LogP contribution is -2.35. The molecule has 0 aromatic heterocycles. The highest BCUT2D eigenvalue weighted by Crippen LogP contribution is 2.14. The molecule has 0 unspecified atom stereocenters. The highest BCUT2D eigenvalue weighted by atomic mass is 16.2. The summed E-state index contributed by atoms with van der Waals surface area (Å²) < 4.78 is 0. The Morgan fingerprint density at radius 2 is 1.67 bits per heavy atom. The lowest BCUT2D eigenvalue weighted by Gasteiger charge is -2.25. The van der Waals surface area contributed by atoms with E-state index in [-0.39, 0.29) is 11.8 Å². The number of unbranched alkanes of at least 4 members (excludes halogenated alkanes) is 2. The molecule has 0 radical (unpaired) electrons. The van der Waals surface area contributed by atoms with Crippen LogP contribution >= 0.6 is 0 Å². The van der Waals surface area contributed by atoms with Crippen molar-refractivity contribution in [3.63, 3.8) is 0 Å². The molecule has 0 aromatic rings. The van der Waals surface area contributed by atoms with E-state index in [4.69, 9.17) is 0 Å². The van der Waals surface area contributed by atoms with Crippen LogP contribution in [0, 0.1) is 5.92 Å². The van der Waals surface area contributed by atoms with E-state index in [0.29, 0.717) is 0 Å². The van der Waals surface area contributed by atoms with Crippen LogP contribution in [-0.2, 0) is 4.79 Å². The van der Waals surface area contributed by atoms with Crippen LogP contribution < -0.4 is 0 Å². The molecule has 2 heteroatoms. The van der Waals surface area contributed by atoms with Gasteiger partial charge in [0.1, 0.15) is 0 Å². The number of carbonyl (C=O) groups is 1. The smallest absolute Gasteiger partial charge is 0.250 e. The predicted octanol–water partition coefficient (Wildman–Crippen LogP) is 4.18. The van der Waals surface area contributed by atoms with E-state index < -0.39 is 0 Å². The fraction of sp³-hybridized carbons (Fsp3) is 0.688. The molecule has 18 heavy (non-hydrogen) atoms. The minimum absolute atomic E-state index is 0.187. The maximum atomic E-state index is 12.5. The molecule has 1 amide bonds. The molecular weight excluding hydrogens is 222 g/mol. The topological polar surface area (TPSA) is 20.3 Å². The van der Waals surface area contributed by atoms with E-state index in [1.165, 1.54) is 0 Å². The Labute approximate surface area is 113 Å². The molecule has 0 aromatic carbocycles. The van der Waals surface area contributed by atoms with Gasteiger partial charge in [0.2, 0.25) is 5.91 Å². The first-order chi connectivity index (χ1) is 8.58. The zero-order chi connectivity index (χ0) is 14.0. The summed E-state index contributed by atoms with van der Waals surface area (Å²) in [5, 5.41) is 0. The molecule has 0 N–H and O–H groups in total. The fourth-order valence-corrected chi connectivity index (χ4v) is 1.83. The summed E-state index contributed by atoms with van der Waals surface area (Å²) in [4.78, 5) is 14.5. The normalized spacial score (nSPS) is 11.7. The molecule has 0 heterocycles. The van der Waals surface area contributed by atoms with Crippen LogP contribution in [-0.4, -0.2) is 23.9 Å². The fourth-order valence-electron chi connectivity index (χ4n) is 1.83. The number of hydrogen-bond acceptors (Lipinski definition) is 1. The number of amides is 1. The van der Waals surface area contributed by atoms with E-state index in [0.717, 1.165) is 44.3 Å². The Kier molecular flexibility index (Phi) is 9.35. The van der Waals surface area contributed by atoms with Gasteiger partial charge >= 0.3 is 0 Å². The van der Waals surface area contributed by atoms with Crippen LogP contribution in [0.15, 0.2) is 24.3 Å². The molecule has 0 aliphatic rings. The van der Waals surface area contributed by atoms with Crippen LogP contribution in [0.4, 0.5) is 0 Å². The average Bonchev–Trinajstić information content (AvgIpc) is 2.35. The van der Waals surface area contributed by atoms with Crippen molar-refractivity contribution in [1.29, 1.82) is 0 Å². The van der Waals surface area contributed by atoms with Gasteiger partial charge in [-0.1, -0.05) is 59.3 Å². The van der Waals surface area contributed by atoms with Gasteiger partial charge in [0.05, 0.1) is 0 Å². The summed E-state index contributed by atoms with van der Waals surface area (Å²) in [6.45, 7) is 13.9. The number of allylic oxidation sites excluding steroid dienone is 2. The number of carbonyl (C=O) groups excluding carboxylic acids is 1. The van der Waals surface area contributed by atoms with Crippen molar-refractivity contribution < 1.29 is 4.79 Å². The van der Waals surface area contributed by atoms with Gasteiger partial charge < -0.3 is 4.90 Å². The summed E-state index contributed by atoms with van der Waals surface area (Å²) in [5.41, 5.74) is 0.872. The van der Waals surface area contributed by atoms with Crippen molar-refractivity contribution in [2.75, 3.05) is 13.1 Å². The molecule has 0 aliphatic carbocycles. The predicted molar refractivity (Wildman–Crippen MR) is 79.5 cm³/mol. The van der Waals surface area contributed by atoms with Gasteiger partial charge in [-0.2, -0.15) is 0 Å². The molecule has 0 aliphatic heterocycles. The standard InChI is InChI=1S/C16H29NO/c1-6-9-12-17(13-10-7-2)16(18)15(11-8-3)14(4)5/h8,11,14H,3,6-7,9-10,12-13H2,1-2,4-5H3/b15-11+. The monoisotopic (exact) mass is 251 g/mol. The number of rotatable bonds is 9. The third-order valence-corrected chi connectivity index (χ3v) is 3.02. The molecule has 2 nitrogen and oxygen atoms in total. The van der Waals surface area contributed by atoms with Gasteiger partial charge in [-0.25, -0.2) is 0 Å². The highest BCUT2D eigenvalue weighted by molar-refractivity contribution is 5.94. The zero-order valence-electron chi connectivity index (χ0n) is 12.5. The molecule has 0 saturated heterocycles. The van der Waals surface area contributed by atoms with Crippen LogP contribution in [0.5, 0.6) is 0 Å². The van der Waals surface area contributed by atoms with E-state index in [2.05, 4.69) is 34.3 Å². The minimum atomic E-state index is 0.187. The van der Waals surface area contributed by atoms with Crippen molar-refractivity contribution in [3.05, 3.63) is 24.3 Å². The Morgan fingerprint density at radius 1 is 1.17 bits per heavy atom. The lowest BCUT2D eigenvalue weighted by atomic mass is 10.0. The van der Waals surface area contributed by atoms with Gasteiger partial charge in [0.25, 0.3) is 0 Å². The largest absolute Gasteiger partial charge is 0.339 e. The van der Waals surface area contributed by atoms with Crippen molar-refractivity contribution in [2.24, 2.45) is 5.92 Å². The van der Waals surface area contributed by atoms with Crippen LogP contribution in [0.3, 0.4) is 0 Å². The number of hydrogen-bond donors (Lipinski definition) is 0. The molecule has 104 valence electrons. The molecule has 0 rings (SSSR count). The summed E-state index contributed by atoms with van der Waals surface area (Å²) in [7, 11) is 0. The molecular formula is C16H29NO. The van der Waals surface area contributed by atoms with Crippen LogP contribution in [0.2, 0.25) is 0 Å². The molecule has 0 spiro atoms. The second-order valence-corrected chi connectivity index (χ2v) is 5.01. The Hall–Kier alpha value is -1.05. The second kappa shape index (κ2) is 9.93. The van der Waals surface area contributed by atoms with E-state index >= 15 is 0 Å². The first kappa shape index (κ1) is 16.9. The maximum Gasteiger partial charge on any atom is 0.250 e. The molecule has 0 saturated carbocycles. The third kappa shape index (κ3) is 6.04. The minimum Gasteiger partial charge on any atom is -0.339 e. The second-order valence-electron chi connectivity index (χ2n) is 5.01. The van der Waals surface area contributed by atoms with Crippen molar-refractivity contribution in [3.8, 4) is 0 Å². The number of nitrogens with zero attached hydrogens (tertiary/aromatic N) is 1. The van der Waals surface area contributed by atoms with Crippen molar-refractivity contribution in [1.82, 2.24) is 4.90 Å². The zero-order valence-corrected chi connectivity index (χ0v) is 12.5. The maximum absolute atomic E-state index is 12.5. The van der Waals surface area contributed by atoms with E-state index in [1.54, 1.807) is 6.08 Å². The van der Waals surface area contributed by atoms with Gasteiger partial charge in [0.15, 0.2) is 0 Å². The molecule has 0 atom stereocenters. The highest BCUT2D eigenvalue weighted by Gasteiger charge is 2.19. The SMILES string of the molecule is C=C/C=C(/C(=O)N(CCCC)CCCC)C(C)C.